The molecule has 0 aliphatic carbocycles. The van der Waals surface area contributed by atoms with Crippen molar-refractivity contribution in [1.29, 1.82) is 0 Å². The summed E-state index contributed by atoms with van der Waals surface area (Å²) in [7, 11) is 0. The van der Waals surface area contributed by atoms with E-state index in [0.717, 1.165) is 0 Å². The molecule has 3 aromatic rings. The average molecular weight is 436 g/mol. The number of nitrogens with zero attached hydrogens (tertiary/aromatic N) is 6. The quantitative estimate of drug-likeness (QED) is 0.678. The minimum Gasteiger partial charge on any atom is -0.459 e. The van der Waals surface area contributed by atoms with E-state index in [0.29, 0.717) is 28.1 Å². The zero-order valence-electron chi connectivity index (χ0n) is 16.1. The highest BCUT2D eigenvalue weighted by Crippen LogP contribution is 2.27. The molecule has 1 atom stereocenters. The number of benzene rings is 1. The lowest BCUT2D eigenvalue weighted by molar-refractivity contribution is -0.118. The highest BCUT2D eigenvalue weighted by Gasteiger charge is 2.37. The van der Waals surface area contributed by atoms with Gasteiger partial charge in [-0.05, 0) is 37.3 Å². The van der Waals surface area contributed by atoms with E-state index in [-0.39, 0.29) is 11.7 Å². The Morgan fingerprint density at radius 3 is 2.84 bits per heavy atom. The number of anilines is 2. The molecule has 2 aromatic heterocycles. The fourth-order valence-electron chi connectivity index (χ4n) is 3.21. The van der Waals surface area contributed by atoms with Crippen LogP contribution in [0, 0.1) is 12.8 Å². The maximum absolute atomic E-state index is 12.7. The van der Waals surface area contributed by atoms with Crippen LogP contribution in [0.2, 0.25) is 5.02 Å². The fourth-order valence-corrected chi connectivity index (χ4v) is 3.39. The Hall–Kier alpha value is -4.05. The Labute approximate surface area is 180 Å². The van der Waals surface area contributed by atoms with Gasteiger partial charge in [-0.1, -0.05) is 17.7 Å². The molecular formula is C20H14ClN7O3. The molecule has 5 rings (SSSR count). The van der Waals surface area contributed by atoms with Crippen molar-refractivity contribution in [2.24, 2.45) is 21.0 Å². The van der Waals surface area contributed by atoms with Gasteiger partial charge >= 0.3 is 0 Å². The van der Waals surface area contributed by atoms with E-state index in [4.69, 9.17) is 16.0 Å². The van der Waals surface area contributed by atoms with Crippen LogP contribution in [0.4, 0.5) is 11.5 Å². The minimum atomic E-state index is -0.708. The topological polar surface area (TPSA) is 117 Å². The molecule has 31 heavy (non-hydrogen) atoms. The van der Waals surface area contributed by atoms with Crippen molar-refractivity contribution in [1.82, 2.24) is 9.78 Å². The largest absolute Gasteiger partial charge is 0.459 e. The number of hydrogen-bond acceptors (Lipinski definition) is 7. The normalized spacial score (nSPS) is 17.4. The molecule has 4 heterocycles. The van der Waals surface area contributed by atoms with Gasteiger partial charge in [0.2, 0.25) is 0 Å². The third-order valence-electron chi connectivity index (χ3n) is 4.58. The summed E-state index contributed by atoms with van der Waals surface area (Å²) in [5.41, 5.74) is 1.25. The summed E-state index contributed by atoms with van der Waals surface area (Å²) in [6.45, 7) is 1.75. The van der Waals surface area contributed by atoms with Crippen LogP contribution in [0.1, 0.15) is 16.2 Å². The molecule has 154 valence electrons. The molecule has 2 aliphatic heterocycles. The number of amides is 2. The molecular weight excluding hydrogens is 422 g/mol. The summed E-state index contributed by atoms with van der Waals surface area (Å²) in [6.07, 6.45) is 2.88. The smallest absolute Gasteiger partial charge is 0.292 e. The van der Waals surface area contributed by atoms with Gasteiger partial charge in [0.1, 0.15) is 11.7 Å². The summed E-state index contributed by atoms with van der Waals surface area (Å²) in [6, 6.07) is 11.8. The predicted molar refractivity (Wildman–Crippen MR) is 115 cm³/mol. The van der Waals surface area contributed by atoms with Crippen molar-refractivity contribution in [3.8, 4) is 0 Å². The maximum atomic E-state index is 12.7. The van der Waals surface area contributed by atoms with Crippen LogP contribution in [0.3, 0.4) is 0 Å². The molecule has 0 bridgehead atoms. The van der Waals surface area contributed by atoms with Crippen LogP contribution in [0.5, 0.6) is 0 Å². The van der Waals surface area contributed by atoms with Crippen LogP contribution in [-0.2, 0) is 4.79 Å². The van der Waals surface area contributed by atoms with Gasteiger partial charge in [0.15, 0.2) is 11.6 Å². The van der Waals surface area contributed by atoms with Gasteiger partial charge in [0, 0.05) is 17.3 Å². The highest BCUT2D eigenvalue weighted by molar-refractivity contribution is 6.32. The molecule has 0 saturated carbocycles. The van der Waals surface area contributed by atoms with Gasteiger partial charge in [-0.25, -0.2) is 5.01 Å². The number of aliphatic imine (C=N–C) groups is 2. The van der Waals surface area contributed by atoms with Crippen LogP contribution >= 0.6 is 11.6 Å². The van der Waals surface area contributed by atoms with Crippen molar-refractivity contribution in [2.45, 2.75) is 6.92 Å². The van der Waals surface area contributed by atoms with Crippen molar-refractivity contribution in [2.75, 3.05) is 10.3 Å². The second-order valence-electron chi connectivity index (χ2n) is 6.77. The number of carbonyl (C=O) groups is 2. The first-order chi connectivity index (χ1) is 15.0. The van der Waals surface area contributed by atoms with Gasteiger partial charge in [-0.2, -0.15) is 24.9 Å². The van der Waals surface area contributed by atoms with Crippen molar-refractivity contribution >= 4 is 52.9 Å². The monoisotopic (exact) mass is 435 g/mol. The molecule has 10 nitrogen and oxygen atoms in total. The minimum absolute atomic E-state index is 0.0108. The number of furan rings is 1. The number of halogens is 1. The van der Waals surface area contributed by atoms with Gasteiger partial charge in [0.05, 0.1) is 17.6 Å². The number of hydrogen-bond donors (Lipinski definition) is 1. The molecule has 1 aromatic carbocycles. The molecule has 0 fully saturated rings. The van der Waals surface area contributed by atoms with E-state index in [1.807, 2.05) is 0 Å². The number of nitrogens with one attached hydrogen (secondary N) is 1. The van der Waals surface area contributed by atoms with Gasteiger partial charge < -0.3 is 9.73 Å². The van der Waals surface area contributed by atoms with Crippen molar-refractivity contribution in [3.05, 3.63) is 65.2 Å². The first-order valence-corrected chi connectivity index (χ1v) is 9.60. The average Bonchev–Trinajstić information content (AvgIpc) is 3.47. The fraction of sp³-hybridized carbons (Fsp3) is 0.100. The van der Waals surface area contributed by atoms with E-state index in [1.54, 1.807) is 43.3 Å². The van der Waals surface area contributed by atoms with Gasteiger partial charge in [-0.15, -0.1) is 0 Å². The van der Waals surface area contributed by atoms with Gasteiger partial charge in [0.25, 0.3) is 17.8 Å². The molecule has 0 spiro atoms. The van der Waals surface area contributed by atoms with Crippen LogP contribution in [0.25, 0.3) is 0 Å². The Morgan fingerprint density at radius 2 is 2.06 bits per heavy atom. The third-order valence-corrected chi connectivity index (χ3v) is 4.81. The van der Waals surface area contributed by atoms with E-state index < -0.39 is 17.7 Å². The maximum Gasteiger partial charge on any atom is 0.292 e. The number of hydrazone groups is 1. The van der Waals surface area contributed by atoms with Crippen molar-refractivity contribution < 1.29 is 14.0 Å². The summed E-state index contributed by atoms with van der Waals surface area (Å²) in [5, 5.41) is 13.4. The third kappa shape index (κ3) is 3.42. The lowest BCUT2D eigenvalue weighted by Gasteiger charge is -2.20. The Balaban J connectivity index is 1.51. The number of amidine groups is 1. The van der Waals surface area contributed by atoms with Crippen LogP contribution in [-0.4, -0.2) is 39.6 Å². The molecule has 0 radical (unpaired) electrons. The summed E-state index contributed by atoms with van der Waals surface area (Å²) >= 11 is 6.09. The van der Waals surface area contributed by atoms with Gasteiger partial charge in [-0.3, -0.25) is 9.59 Å². The lowest BCUT2D eigenvalue weighted by atomic mass is 10.1. The first kappa shape index (κ1) is 18.9. The number of rotatable bonds is 3. The highest BCUT2D eigenvalue weighted by atomic mass is 35.5. The van der Waals surface area contributed by atoms with E-state index in [1.165, 1.54) is 28.2 Å². The molecule has 2 amide bonds. The molecule has 0 saturated heterocycles. The van der Waals surface area contributed by atoms with E-state index in [9.17, 15) is 9.59 Å². The molecule has 1 N–H and O–H groups in total. The number of fused-ring (bicyclic) bond motifs is 1. The lowest BCUT2D eigenvalue weighted by Crippen LogP contribution is -2.36. The Bertz CT molecular complexity index is 1290. The molecule has 2 aliphatic rings. The standard InChI is InChI=1S/C20H14ClN7O3/c1-11-8-16(23-19(30)15-6-3-7-31-15)28(26-11)20-24-17-14(18(29)25-20)10-22-27(17)13-5-2-4-12(21)9-13/h2-10,14H,1H3,(H,23,30). The SMILES string of the molecule is Cc1cc(NC(=O)c2ccco2)n(C2=NC(=O)C3C=NN(c4cccc(Cl)c4)C3=N2)n1. The second-order valence-corrected chi connectivity index (χ2v) is 7.20. The zero-order chi connectivity index (χ0) is 21.5. The summed E-state index contributed by atoms with van der Waals surface area (Å²) in [5.74, 6) is -0.809. The van der Waals surface area contributed by atoms with Crippen LogP contribution in [0.15, 0.2) is 68.2 Å². The number of aryl methyl sites for hydroxylation is 1. The zero-order valence-corrected chi connectivity index (χ0v) is 16.8. The van der Waals surface area contributed by atoms with E-state index in [2.05, 4.69) is 25.5 Å². The Morgan fingerprint density at radius 1 is 1.19 bits per heavy atom. The number of carbonyl (C=O) groups excluding carboxylic acids is 2. The summed E-state index contributed by atoms with van der Waals surface area (Å²) in [4.78, 5) is 33.7. The Kier molecular flexibility index (Phi) is 4.48. The first-order valence-electron chi connectivity index (χ1n) is 9.22. The predicted octanol–water partition coefficient (Wildman–Crippen LogP) is 2.96. The van der Waals surface area contributed by atoms with E-state index >= 15 is 0 Å². The second kappa shape index (κ2) is 7.33. The van der Waals surface area contributed by atoms with Crippen molar-refractivity contribution in [3.63, 3.8) is 0 Å². The molecule has 11 heteroatoms. The summed E-state index contributed by atoms with van der Waals surface area (Å²) < 4.78 is 6.42. The van der Waals surface area contributed by atoms with Crippen LogP contribution < -0.4 is 10.3 Å². The molecule has 1 unspecified atom stereocenters. The number of aromatic nitrogens is 2.